The maximum Gasteiger partial charge on any atom is 0.170 e. The summed E-state index contributed by atoms with van der Waals surface area (Å²) in [5.74, 6) is 1.98. The minimum Gasteiger partial charge on any atom is -0.486 e. The molecule has 0 amide bonds. The fraction of sp³-hybridized carbons (Fsp3) is 0.480. The first-order valence-corrected chi connectivity index (χ1v) is 10.6. The van der Waals surface area contributed by atoms with Gasteiger partial charge in [0, 0.05) is 12.5 Å². The highest BCUT2D eigenvalue weighted by molar-refractivity contribution is 5.80. The van der Waals surface area contributed by atoms with E-state index >= 15 is 0 Å². The molecule has 1 atom stereocenters. The highest BCUT2D eigenvalue weighted by atomic mass is 16.5. The van der Waals surface area contributed by atoms with Gasteiger partial charge in [-0.15, -0.1) is 0 Å². The van der Waals surface area contributed by atoms with Crippen LogP contribution < -0.4 is 4.74 Å². The van der Waals surface area contributed by atoms with Crippen LogP contribution in [0.3, 0.4) is 0 Å². The highest BCUT2D eigenvalue weighted by Gasteiger charge is 2.25. The molecular formula is C25H33NO2. The molecule has 0 aromatic heterocycles. The van der Waals surface area contributed by atoms with Gasteiger partial charge in [0.05, 0.1) is 0 Å². The van der Waals surface area contributed by atoms with Crippen LogP contribution in [0.15, 0.2) is 54.6 Å². The van der Waals surface area contributed by atoms with Crippen LogP contribution in [-0.4, -0.2) is 30.4 Å². The van der Waals surface area contributed by atoms with Gasteiger partial charge in [-0.25, -0.2) is 0 Å². The second kappa shape index (κ2) is 9.88. The molecular weight excluding hydrogens is 346 g/mol. The Labute approximate surface area is 169 Å². The molecule has 3 heteroatoms. The summed E-state index contributed by atoms with van der Waals surface area (Å²) in [5.41, 5.74) is 2.66. The van der Waals surface area contributed by atoms with Gasteiger partial charge in [0.2, 0.25) is 0 Å². The number of piperidine rings is 1. The van der Waals surface area contributed by atoms with Gasteiger partial charge in [0.15, 0.2) is 5.78 Å². The Morgan fingerprint density at radius 3 is 2.21 bits per heavy atom. The van der Waals surface area contributed by atoms with Crippen LogP contribution in [0.4, 0.5) is 0 Å². The number of benzene rings is 2. The lowest BCUT2D eigenvalue weighted by atomic mass is 9.90. The van der Waals surface area contributed by atoms with Crippen LogP contribution in [0.5, 0.6) is 5.75 Å². The SMILES string of the molecule is CC(C)c1ccc(OCC(=O)CC2CCN(C(C)c3ccccc3)CC2)cc1. The van der Waals surface area contributed by atoms with Gasteiger partial charge in [0.1, 0.15) is 12.4 Å². The standard InChI is InChI=1S/C25H33NO2/c1-19(2)22-9-11-25(12-10-22)28-18-24(27)17-21-13-15-26(16-14-21)20(3)23-7-5-4-6-8-23/h4-12,19-21H,13-18H2,1-3H3. The molecule has 1 saturated heterocycles. The summed E-state index contributed by atoms with van der Waals surface area (Å²) in [5, 5.41) is 0. The van der Waals surface area contributed by atoms with Crippen molar-refractivity contribution in [3.05, 3.63) is 65.7 Å². The van der Waals surface area contributed by atoms with E-state index in [0.717, 1.165) is 31.7 Å². The summed E-state index contributed by atoms with van der Waals surface area (Å²) in [4.78, 5) is 14.9. The quantitative estimate of drug-likeness (QED) is 0.596. The lowest BCUT2D eigenvalue weighted by molar-refractivity contribution is -0.122. The smallest absolute Gasteiger partial charge is 0.170 e. The van der Waals surface area contributed by atoms with Crippen LogP contribution in [0, 0.1) is 5.92 Å². The summed E-state index contributed by atoms with van der Waals surface area (Å²) in [6.45, 7) is 8.93. The third kappa shape index (κ3) is 5.68. The van der Waals surface area contributed by atoms with Crippen LogP contribution in [0.25, 0.3) is 0 Å². The highest BCUT2D eigenvalue weighted by Crippen LogP contribution is 2.28. The summed E-state index contributed by atoms with van der Waals surface area (Å²) in [6.07, 6.45) is 2.82. The molecule has 1 aliphatic heterocycles. The number of carbonyl (C=O) groups is 1. The van der Waals surface area contributed by atoms with E-state index in [9.17, 15) is 4.79 Å². The Balaban J connectivity index is 1.40. The number of likely N-dealkylation sites (tertiary alicyclic amines) is 1. The summed E-state index contributed by atoms with van der Waals surface area (Å²) >= 11 is 0. The molecule has 1 fully saturated rings. The topological polar surface area (TPSA) is 29.5 Å². The van der Waals surface area contributed by atoms with Crippen molar-refractivity contribution in [3.63, 3.8) is 0 Å². The van der Waals surface area contributed by atoms with Gasteiger partial charge in [-0.2, -0.15) is 0 Å². The molecule has 150 valence electrons. The lowest BCUT2D eigenvalue weighted by Gasteiger charge is -2.36. The van der Waals surface area contributed by atoms with Crippen molar-refractivity contribution in [1.29, 1.82) is 0 Å². The monoisotopic (exact) mass is 379 g/mol. The normalized spacial score (nSPS) is 16.9. The molecule has 1 unspecified atom stereocenters. The van der Waals surface area contributed by atoms with E-state index in [0.29, 0.717) is 24.3 Å². The first kappa shape index (κ1) is 20.6. The molecule has 2 aromatic carbocycles. The van der Waals surface area contributed by atoms with Gasteiger partial charge >= 0.3 is 0 Å². The Morgan fingerprint density at radius 2 is 1.61 bits per heavy atom. The second-order valence-electron chi connectivity index (χ2n) is 8.32. The number of Topliss-reactive ketones (excluding diaryl/α,β-unsaturated/α-hetero) is 1. The van der Waals surface area contributed by atoms with Crippen molar-refractivity contribution >= 4 is 5.78 Å². The molecule has 1 heterocycles. The maximum atomic E-state index is 12.4. The number of carbonyl (C=O) groups excluding carboxylic acids is 1. The van der Waals surface area contributed by atoms with E-state index in [-0.39, 0.29) is 12.4 Å². The Morgan fingerprint density at radius 1 is 0.964 bits per heavy atom. The van der Waals surface area contributed by atoms with Crippen molar-refractivity contribution in [2.75, 3.05) is 19.7 Å². The molecule has 0 spiro atoms. The van der Waals surface area contributed by atoms with Crippen LogP contribution in [0.1, 0.15) is 63.1 Å². The zero-order valence-electron chi connectivity index (χ0n) is 17.4. The van der Waals surface area contributed by atoms with E-state index in [1.54, 1.807) is 0 Å². The largest absolute Gasteiger partial charge is 0.486 e. The molecule has 0 bridgehead atoms. The zero-order valence-corrected chi connectivity index (χ0v) is 17.4. The van der Waals surface area contributed by atoms with E-state index in [1.165, 1.54) is 11.1 Å². The van der Waals surface area contributed by atoms with E-state index in [2.05, 4.69) is 68.1 Å². The molecule has 1 aliphatic rings. The number of rotatable bonds is 8. The molecule has 0 aliphatic carbocycles. The zero-order chi connectivity index (χ0) is 19.9. The molecule has 28 heavy (non-hydrogen) atoms. The third-order valence-electron chi connectivity index (χ3n) is 5.94. The van der Waals surface area contributed by atoms with Gasteiger partial charge in [0.25, 0.3) is 0 Å². The van der Waals surface area contributed by atoms with Crippen LogP contribution in [0.2, 0.25) is 0 Å². The van der Waals surface area contributed by atoms with E-state index < -0.39 is 0 Å². The summed E-state index contributed by atoms with van der Waals surface area (Å²) < 4.78 is 5.70. The average Bonchev–Trinajstić information content (AvgIpc) is 2.73. The average molecular weight is 380 g/mol. The number of hydrogen-bond donors (Lipinski definition) is 0. The number of nitrogens with zero attached hydrogens (tertiary/aromatic N) is 1. The summed E-state index contributed by atoms with van der Waals surface area (Å²) in [7, 11) is 0. The van der Waals surface area contributed by atoms with Crippen LogP contribution in [-0.2, 0) is 4.79 Å². The molecule has 3 nitrogen and oxygen atoms in total. The summed E-state index contributed by atoms with van der Waals surface area (Å²) in [6, 6.07) is 19.2. The molecule has 0 N–H and O–H groups in total. The van der Waals surface area contributed by atoms with Crippen molar-refractivity contribution in [3.8, 4) is 5.75 Å². The number of ketones is 1. The van der Waals surface area contributed by atoms with Crippen LogP contribution >= 0.6 is 0 Å². The van der Waals surface area contributed by atoms with Crippen molar-refractivity contribution in [2.24, 2.45) is 5.92 Å². The molecule has 3 rings (SSSR count). The Bertz CT molecular complexity index is 731. The Kier molecular flexibility index (Phi) is 7.27. The van der Waals surface area contributed by atoms with Gasteiger partial charge in [-0.3, -0.25) is 9.69 Å². The first-order valence-electron chi connectivity index (χ1n) is 10.6. The van der Waals surface area contributed by atoms with Crippen molar-refractivity contribution < 1.29 is 9.53 Å². The lowest BCUT2D eigenvalue weighted by Crippen LogP contribution is -2.36. The van der Waals surface area contributed by atoms with E-state index in [1.807, 2.05) is 12.1 Å². The second-order valence-corrected chi connectivity index (χ2v) is 8.32. The predicted molar refractivity (Wildman–Crippen MR) is 115 cm³/mol. The van der Waals surface area contributed by atoms with Crippen molar-refractivity contribution in [1.82, 2.24) is 4.90 Å². The number of hydrogen-bond acceptors (Lipinski definition) is 3. The fourth-order valence-corrected chi connectivity index (χ4v) is 3.98. The molecule has 0 saturated carbocycles. The maximum absolute atomic E-state index is 12.4. The van der Waals surface area contributed by atoms with E-state index in [4.69, 9.17) is 4.74 Å². The van der Waals surface area contributed by atoms with Crippen molar-refractivity contribution in [2.45, 2.75) is 52.0 Å². The third-order valence-corrected chi connectivity index (χ3v) is 5.94. The van der Waals surface area contributed by atoms with Gasteiger partial charge in [-0.05, 0) is 68.0 Å². The Hall–Kier alpha value is -2.13. The van der Waals surface area contributed by atoms with Gasteiger partial charge in [-0.1, -0.05) is 56.3 Å². The first-order chi connectivity index (χ1) is 13.5. The predicted octanol–water partition coefficient (Wildman–Crippen LogP) is 5.62. The van der Waals surface area contributed by atoms with Gasteiger partial charge < -0.3 is 4.74 Å². The molecule has 2 aromatic rings. The fourth-order valence-electron chi connectivity index (χ4n) is 3.98. The number of ether oxygens (including phenoxy) is 1. The minimum absolute atomic E-state index is 0.182. The molecule has 0 radical (unpaired) electrons. The minimum atomic E-state index is 0.182.